The first-order valence-corrected chi connectivity index (χ1v) is 8.68. The zero-order valence-corrected chi connectivity index (χ0v) is 14.1. The third-order valence-electron chi connectivity index (χ3n) is 3.73. The van der Waals surface area contributed by atoms with Gasteiger partial charge in [-0.25, -0.2) is 8.42 Å². The standard InChI is InChI=1S/C15H23NO5S/c1-12-4-5-14(20-3)15(10-12)22(17,18)16(7-9-19-2)13-6-8-21-11-13/h4-5,10,13H,6-9,11H2,1-3H3/t13-/m1/s1. The summed E-state index contributed by atoms with van der Waals surface area (Å²) in [5, 5.41) is 0. The Balaban J connectivity index is 2.41. The largest absolute Gasteiger partial charge is 0.495 e. The van der Waals surface area contributed by atoms with Gasteiger partial charge in [-0.15, -0.1) is 0 Å². The molecule has 1 atom stereocenters. The molecule has 2 rings (SSSR count). The fourth-order valence-electron chi connectivity index (χ4n) is 2.54. The highest BCUT2D eigenvalue weighted by molar-refractivity contribution is 7.89. The molecule has 6 nitrogen and oxygen atoms in total. The molecule has 0 bridgehead atoms. The van der Waals surface area contributed by atoms with E-state index in [9.17, 15) is 8.42 Å². The van der Waals surface area contributed by atoms with E-state index in [0.717, 1.165) is 5.56 Å². The zero-order chi connectivity index (χ0) is 16.2. The molecular weight excluding hydrogens is 306 g/mol. The highest BCUT2D eigenvalue weighted by atomic mass is 32.2. The van der Waals surface area contributed by atoms with Crippen LogP contribution in [0.4, 0.5) is 0 Å². The van der Waals surface area contributed by atoms with Gasteiger partial charge in [0.1, 0.15) is 10.6 Å². The Morgan fingerprint density at radius 2 is 2.14 bits per heavy atom. The molecule has 1 aromatic rings. The van der Waals surface area contributed by atoms with Gasteiger partial charge >= 0.3 is 0 Å². The van der Waals surface area contributed by atoms with Crippen LogP contribution in [0.2, 0.25) is 0 Å². The number of hydrogen-bond acceptors (Lipinski definition) is 5. The first-order valence-electron chi connectivity index (χ1n) is 7.24. The van der Waals surface area contributed by atoms with Crippen LogP contribution < -0.4 is 4.74 Å². The second kappa shape index (κ2) is 7.41. The molecule has 1 aromatic carbocycles. The molecule has 0 aromatic heterocycles. The first-order chi connectivity index (χ1) is 10.5. The number of rotatable bonds is 7. The molecule has 22 heavy (non-hydrogen) atoms. The van der Waals surface area contributed by atoms with Crippen LogP contribution >= 0.6 is 0 Å². The molecule has 1 aliphatic heterocycles. The van der Waals surface area contributed by atoms with Crippen LogP contribution in [-0.4, -0.2) is 59.3 Å². The van der Waals surface area contributed by atoms with E-state index in [4.69, 9.17) is 14.2 Å². The second-order valence-corrected chi connectivity index (χ2v) is 7.14. The van der Waals surface area contributed by atoms with Crippen molar-refractivity contribution in [2.45, 2.75) is 24.3 Å². The van der Waals surface area contributed by atoms with Crippen LogP contribution in [0.1, 0.15) is 12.0 Å². The smallest absolute Gasteiger partial charge is 0.247 e. The summed E-state index contributed by atoms with van der Waals surface area (Å²) in [6, 6.07) is 4.99. The lowest BCUT2D eigenvalue weighted by molar-refractivity contribution is 0.148. The van der Waals surface area contributed by atoms with Crippen LogP contribution in [0, 0.1) is 6.92 Å². The first kappa shape index (κ1) is 17.2. The Morgan fingerprint density at radius 3 is 2.73 bits per heavy atom. The Bertz CT molecular complexity index is 596. The molecule has 0 radical (unpaired) electrons. The number of sulfonamides is 1. The van der Waals surface area contributed by atoms with Crippen LogP contribution in [0.25, 0.3) is 0 Å². The summed E-state index contributed by atoms with van der Waals surface area (Å²) in [6.07, 6.45) is 0.692. The quantitative estimate of drug-likeness (QED) is 0.757. The van der Waals surface area contributed by atoms with E-state index in [2.05, 4.69) is 0 Å². The Hall–Kier alpha value is -1.15. The van der Waals surface area contributed by atoms with Crippen molar-refractivity contribution in [3.63, 3.8) is 0 Å². The minimum absolute atomic E-state index is 0.162. The molecule has 124 valence electrons. The number of nitrogens with zero attached hydrogens (tertiary/aromatic N) is 1. The van der Waals surface area contributed by atoms with Crippen molar-refractivity contribution in [1.82, 2.24) is 4.31 Å². The number of hydrogen-bond donors (Lipinski definition) is 0. The summed E-state index contributed by atoms with van der Waals surface area (Å²) in [5.41, 5.74) is 0.869. The maximum Gasteiger partial charge on any atom is 0.247 e. The number of benzene rings is 1. The van der Waals surface area contributed by atoms with E-state index in [-0.39, 0.29) is 10.9 Å². The Morgan fingerprint density at radius 1 is 1.36 bits per heavy atom. The molecule has 0 amide bonds. The molecule has 0 spiro atoms. The van der Waals surface area contributed by atoms with Gasteiger partial charge in [0.25, 0.3) is 0 Å². The maximum absolute atomic E-state index is 13.1. The lowest BCUT2D eigenvalue weighted by Crippen LogP contribution is -2.42. The molecule has 1 fully saturated rings. The molecule has 7 heteroatoms. The van der Waals surface area contributed by atoms with Gasteiger partial charge in [-0.05, 0) is 31.0 Å². The Labute approximate surface area is 132 Å². The van der Waals surface area contributed by atoms with Crippen molar-refractivity contribution in [1.29, 1.82) is 0 Å². The number of ether oxygens (including phenoxy) is 3. The van der Waals surface area contributed by atoms with E-state index >= 15 is 0 Å². The van der Waals surface area contributed by atoms with Crippen molar-refractivity contribution < 1.29 is 22.6 Å². The van der Waals surface area contributed by atoms with Crippen molar-refractivity contribution in [3.8, 4) is 5.75 Å². The Kier molecular flexibility index (Phi) is 5.80. The summed E-state index contributed by atoms with van der Waals surface area (Å²) in [7, 11) is -0.641. The number of methoxy groups -OCH3 is 2. The van der Waals surface area contributed by atoms with Crippen molar-refractivity contribution in [3.05, 3.63) is 23.8 Å². The monoisotopic (exact) mass is 329 g/mol. The molecule has 1 aliphatic rings. The topological polar surface area (TPSA) is 65.1 Å². The lowest BCUT2D eigenvalue weighted by atomic mass is 10.2. The van der Waals surface area contributed by atoms with Crippen molar-refractivity contribution >= 4 is 10.0 Å². The maximum atomic E-state index is 13.1. The van der Waals surface area contributed by atoms with Crippen molar-refractivity contribution in [2.75, 3.05) is 40.6 Å². The minimum Gasteiger partial charge on any atom is -0.495 e. The van der Waals surface area contributed by atoms with Crippen LogP contribution in [0.5, 0.6) is 5.75 Å². The average Bonchev–Trinajstić information content (AvgIpc) is 3.01. The predicted octanol–water partition coefficient (Wildman–Crippen LogP) is 1.43. The van der Waals surface area contributed by atoms with E-state index in [1.54, 1.807) is 19.2 Å². The van der Waals surface area contributed by atoms with Gasteiger partial charge in [-0.2, -0.15) is 4.31 Å². The van der Waals surface area contributed by atoms with Gasteiger partial charge in [-0.1, -0.05) is 6.07 Å². The van der Waals surface area contributed by atoms with Crippen LogP contribution in [0.15, 0.2) is 23.1 Å². The van der Waals surface area contributed by atoms with E-state index in [0.29, 0.717) is 38.5 Å². The SMILES string of the molecule is COCCN([C@@H]1CCOC1)S(=O)(=O)c1cc(C)ccc1OC. The summed E-state index contributed by atoms with van der Waals surface area (Å²) in [5.74, 6) is 0.354. The molecule has 0 N–H and O–H groups in total. The zero-order valence-electron chi connectivity index (χ0n) is 13.2. The third-order valence-corrected chi connectivity index (χ3v) is 5.71. The highest BCUT2D eigenvalue weighted by Gasteiger charge is 2.35. The van der Waals surface area contributed by atoms with Gasteiger partial charge in [0.2, 0.25) is 10.0 Å². The molecule has 0 aliphatic carbocycles. The predicted molar refractivity (Wildman–Crippen MR) is 82.7 cm³/mol. The van der Waals surface area contributed by atoms with E-state index in [1.807, 2.05) is 13.0 Å². The van der Waals surface area contributed by atoms with Gasteiger partial charge in [0.15, 0.2) is 0 Å². The molecule has 0 saturated carbocycles. The van der Waals surface area contributed by atoms with Gasteiger partial charge < -0.3 is 14.2 Å². The van der Waals surface area contributed by atoms with Gasteiger partial charge in [-0.3, -0.25) is 0 Å². The summed E-state index contributed by atoms with van der Waals surface area (Å²) in [4.78, 5) is 0.193. The minimum atomic E-state index is -3.67. The molecule has 1 heterocycles. The van der Waals surface area contributed by atoms with Crippen LogP contribution in [0.3, 0.4) is 0 Å². The van der Waals surface area contributed by atoms with Crippen molar-refractivity contribution in [2.24, 2.45) is 0 Å². The normalized spacial score (nSPS) is 18.8. The summed E-state index contributed by atoms with van der Waals surface area (Å²) in [6.45, 7) is 3.48. The molecule has 0 unspecified atom stereocenters. The highest BCUT2D eigenvalue weighted by Crippen LogP contribution is 2.30. The molecule has 1 saturated heterocycles. The van der Waals surface area contributed by atoms with E-state index in [1.165, 1.54) is 11.4 Å². The average molecular weight is 329 g/mol. The fourth-order valence-corrected chi connectivity index (χ4v) is 4.41. The number of aryl methyl sites for hydroxylation is 1. The van der Waals surface area contributed by atoms with Gasteiger partial charge in [0.05, 0.1) is 26.4 Å². The van der Waals surface area contributed by atoms with Crippen LogP contribution in [-0.2, 0) is 19.5 Å². The molecular formula is C15H23NO5S. The van der Waals surface area contributed by atoms with E-state index < -0.39 is 10.0 Å². The fraction of sp³-hybridized carbons (Fsp3) is 0.600. The second-order valence-electron chi connectivity index (χ2n) is 5.28. The summed E-state index contributed by atoms with van der Waals surface area (Å²) >= 11 is 0. The lowest BCUT2D eigenvalue weighted by Gasteiger charge is -2.27. The van der Waals surface area contributed by atoms with Gasteiger partial charge in [0, 0.05) is 20.3 Å². The summed E-state index contributed by atoms with van der Waals surface area (Å²) < 4.78 is 43.3. The third kappa shape index (κ3) is 3.60.